The number of fused-ring (bicyclic) bond motifs is 1. The summed E-state index contributed by atoms with van der Waals surface area (Å²) in [6.07, 6.45) is 2.01. The summed E-state index contributed by atoms with van der Waals surface area (Å²) in [4.78, 5) is 29.5. The first kappa shape index (κ1) is 25.6. The molecule has 4 rings (SSSR count). The first-order valence-electron chi connectivity index (χ1n) is 11.5. The topological polar surface area (TPSA) is 94.6 Å². The second-order valence-corrected chi connectivity index (χ2v) is 9.41. The number of carboxylic acids is 1. The second kappa shape index (κ2) is 11.1. The van der Waals surface area contributed by atoms with E-state index in [2.05, 4.69) is 21.7 Å². The van der Waals surface area contributed by atoms with Crippen molar-refractivity contribution in [2.75, 3.05) is 23.4 Å². The second-order valence-electron chi connectivity index (χ2n) is 8.38. The van der Waals surface area contributed by atoms with Crippen LogP contribution in [0.15, 0.2) is 48.5 Å². The molecule has 0 bridgehead atoms. The molecule has 1 heterocycles. The van der Waals surface area contributed by atoms with Gasteiger partial charge in [0.05, 0.1) is 28.9 Å². The van der Waals surface area contributed by atoms with E-state index >= 15 is 0 Å². The zero-order valence-corrected chi connectivity index (χ0v) is 20.1. The molecule has 11 heteroatoms. The van der Waals surface area contributed by atoms with Crippen LogP contribution in [0.1, 0.15) is 43.2 Å². The number of urea groups is 1. The number of amides is 2. The van der Waals surface area contributed by atoms with E-state index in [1.54, 1.807) is 0 Å². The third-order valence-electron chi connectivity index (χ3n) is 5.80. The monoisotopic (exact) mass is 518 g/mol. The summed E-state index contributed by atoms with van der Waals surface area (Å²) in [5.74, 6) is -0.962. The van der Waals surface area contributed by atoms with Crippen LogP contribution in [0.4, 0.5) is 28.8 Å². The highest BCUT2D eigenvalue weighted by Gasteiger charge is 2.31. The summed E-state index contributed by atoms with van der Waals surface area (Å²) in [7, 11) is 0. The van der Waals surface area contributed by atoms with Gasteiger partial charge in [0.15, 0.2) is 5.13 Å². The third kappa shape index (κ3) is 6.41. The predicted molar refractivity (Wildman–Crippen MR) is 134 cm³/mol. The van der Waals surface area contributed by atoms with Gasteiger partial charge in [-0.1, -0.05) is 29.5 Å². The quantitative estimate of drug-likeness (QED) is 0.239. The fraction of sp³-hybridized carbons (Fsp3) is 0.320. The van der Waals surface area contributed by atoms with Gasteiger partial charge in [-0.15, -0.1) is 0 Å². The lowest BCUT2D eigenvalue weighted by Crippen LogP contribution is -2.42. The fourth-order valence-electron chi connectivity index (χ4n) is 3.94. The Bertz CT molecular complexity index is 1270. The summed E-state index contributed by atoms with van der Waals surface area (Å²) in [5.41, 5.74) is 2.27. The Kier molecular flexibility index (Phi) is 7.90. The van der Waals surface area contributed by atoms with Crippen LogP contribution in [0.2, 0.25) is 0 Å². The van der Waals surface area contributed by atoms with Gasteiger partial charge in [-0.2, -0.15) is 13.2 Å². The van der Waals surface area contributed by atoms with Crippen molar-refractivity contribution >= 4 is 49.9 Å². The molecule has 190 valence electrons. The van der Waals surface area contributed by atoms with Crippen molar-refractivity contribution < 1.29 is 27.9 Å². The van der Waals surface area contributed by atoms with E-state index in [0.29, 0.717) is 10.4 Å². The number of carbonyl (C=O) groups is 2. The third-order valence-corrected chi connectivity index (χ3v) is 6.75. The van der Waals surface area contributed by atoms with Gasteiger partial charge < -0.3 is 5.11 Å². The molecule has 1 aliphatic carbocycles. The van der Waals surface area contributed by atoms with E-state index in [9.17, 15) is 22.8 Å². The number of halogens is 3. The molecular formula is C25H25F3N4O3S. The number of rotatable bonds is 8. The number of aromatic nitrogens is 1. The Morgan fingerprint density at radius 3 is 2.56 bits per heavy atom. The van der Waals surface area contributed by atoms with Crippen LogP contribution in [0.25, 0.3) is 15.8 Å². The van der Waals surface area contributed by atoms with Gasteiger partial charge in [-0.3, -0.25) is 20.3 Å². The minimum atomic E-state index is -4.49. The zero-order valence-electron chi connectivity index (χ0n) is 19.3. The van der Waals surface area contributed by atoms with Crippen LogP contribution < -0.4 is 15.5 Å². The smallest absolute Gasteiger partial charge is 0.416 e. The van der Waals surface area contributed by atoms with Gasteiger partial charge >= 0.3 is 18.2 Å². The van der Waals surface area contributed by atoms with Gasteiger partial charge in [0.25, 0.3) is 0 Å². The van der Waals surface area contributed by atoms with Crippen LogP contribution in [0.3, 0.4) is 0 Å². The summed E-state index contributed by atoms with van der Waals surface area (Å²) < 4.78 is 39.6. The van der Waals surface area contributed by atoms with Crippen LogP contribution in [-0.2, 0) is 11.0 Å². The van der Waals surface area contributed by atoms with Crippen molar-refractivity contribution in [3.8, 4) is 0 Å². The Hall–Kier alpha value is -3.44. The van der Waals surface area contributed by atoms with Gasteiger partial charge in [-0.05, 0) is 67.2 Å². The molecule has 0 aliphatic heterocycles. The number of hydrogen-bond acceptors (Lipinski definition) is 5. The number of hydrogen-bond donors (Lipinski definition) is 3. The molecule has 2 amide bonds. The number of nitrogens with zero attached hydrogens (tertiary/aromatic N) is 2. The Morgan fingerprint density at radius 2 is 1.89 bits per heavy atom. The molecule has 0 atom stereocenters. The average Bonchev–Trinajstić information content (AvgIpc) is 3.25. The van der Waals surface area contributed by atoms with E-state index in [-0.39, 0.29) is 30.3 Å². The Morgan fingerprint density at radius 1 is 1.11 bits per heavy atom. The van der Waals surface area contributed by atoms with Gasteiger partial charge in [0.1, 0.15) is 0 Å². The van der Waals surface area contributed by atoms with E-state index in [0.717, 1.165) is 48.3 Å². The Labute approximate surface area is 209 Å². The lowest BCUT2D eigenvalue weighted by atomic mass is 9.94. The van der Waals surface area contributed by atoms with Crippen molar-refractivity contribution in [3.63, 3.8) is 0 Å². The standard InChI is InChI=1S/C25H25F3N4O3S/c26-25(27,28)18-8-11-21-20(14-18)30-23(36-21)31-24(35)32(15-29-13-12-22(33)34)19-9-6-17(7-10-19)16-4-2-1-3-5-16/h4,6-11,14,29H,1-3,5,12-13,15H2,(H,33,34)(H,30,31,35). The number of benzene rings is 2. The molecule has 36 heavy (non-hydrogen) atoms. The molecule has 0 saturated carbocycles. The molecule has 0 saturated heterocycles. The van der Waals surface area contributed by atoms with Crippen molar-refractivity contribution in [1.82, 2.24) is 10.3 Å². The first-order chi connectivity index (χ1) is 17.2. The number of carboxylic acid groups (broad SMARTS) is 1. The molecular weight excluding hydrogens is 493 g/mol. The molecule has 2 aromatic carbocycles. The lowest BCUT2D eigenvalue weighted by Gasteiger charge is -2.23. The predicted octanol–water partition coefficient (Wildman–Crippen LogP) is 6.33. The molecule has 7 nitrogen and oxygen atoms in total. The first-order valence-corrected chi connectivity index (χ1v) is 12.3. The molecule has 0 fully saturated rings. The normalized spacial score (nSPS) is 13.9. The highest BCUT2D eigenvalue weighted by atomic mass is 32.1. The summed E-state index contributed by atoms with van der Waals surface area (Å²) >= 11 is 1.07. The average molecular weight is 519 g/mol. The van der Waals surface area contributed by atoms with Gasteiger partial charge in [0.2, 0.25) is 0 Å². The number of carbonyl (C=O) groups excluding carboxylic acids is 1. The molecule has 1 aromatic heterocycles. The van der Waals surface area contributed by atoms with Crippen molar-refractivity contribution in [2.45, 2.75) is 38.3 Å². The molecule has 3 aromatic rings. The van der Waals surface area contributed by atoms with E-state index in [4.69, 9.17) is 5.11 Å². The van der Waals surface area contributed by atoms with Crippen molar-refractivity contribution in [3.05, 3.63) is 59.7 Å². The molecule has 0 unspecified atom stereocenters. The minimum absolute atomic E-state index is 0.0320. The SMILES string of the molecule is O=C(O)CCNCN(C(=O)Nc1nc2cc(C(F)(F)F)ccc2s1)c1ccc(C2=CCCCC2)cc1. The van der Waals surface area contributed by atoms with Crippen LogP contribution >= 0.6 is 11.3 Å². The Balaban J connectivity index is 1.53. The summed E-state index contributed by atoms with van der Waals surface area (Å²) in [5, 5.41) is 14.6. The molecule has 0 radical (unpaired) electrons. The lowest BCUT2D eigenvalue weighted by molar-refractivity contribution is -0.138. The van der Waals surface area contributed by atoms with Crippen LogP contribution in [0, 0.1) is 0 Å². The minimum Gasteiger partial charge on any atom is -0.481 e. The maximum atomic E-state index is 13.2. The highest BCUT2D eigenvalue weighted by molar-refractivity contribution is 7.22. The summed E-state index contributed by atoms with van der Waals surface area (Å²) in [6.45, 7) is 0.190. The largest absolute Gasteiger partial charge is 0.481 e. The number of thiazole rings is 1. The van der Waals surface area contributed by atoms with Crippen LogP contribution in [0.5, 0.6) is 0 Å². The van der Waals surface area contributed by atoms with Gasteiger partial charge in [-0.25, -0.2) is 9.78 Å². The summed E-state index contributed by atoms with van der Waals surface area (Å²) in [6, 6.07) is 10.2. The molecule has 1 aliphatic rings. The fourth-order valence-corrected chi connectivity index (χ4v) is 4.77. The van der Waals surface area contributed by atoms with Gasteiger partial charge in [0, 0.05) is 12.2 Å². The number of aliphatic carboxylic acids is 1. The maximum absolute atomic E-state index is 13.2. The highest BCUT2D eigenvalue weighted by Crippen LogP contribution is 2.34. The molecule has 3 N–H and O–H groups in total. The van der Waals surface area contributed by atoms with E-state index < -0.39 is 23.7 Å². The number of alkyl halides is 3. The zero-order chi connectivity index (χ0) is 25.7. The van der Waals surface area contributed by atoms with E-state index in [1.165, 1.54) is 23.0 Å². The van der Waals surface area contributed by atoms with E-state index in [1.807, 2.05) is 24.3 Å². The number of allylic oxidation sites excluding steroid dienone is 2. The maximum Gasteiger partial charge on any atom is 0.416 e. The van der Waals surface area contributed by atoms with Crippen molar-refractivity contribution in [1.29, 1.82) is 0 Å². The van der Waals surface area contributed by atoms with Crippen LogP contribution in [-0.4, -0.2) is 35.3 Å². The number of nitrogens with one attached hydrogen (secondary N) is 2. The number of anilines is 2. The molecule has 0 spiro atoms. The van der Waals surface area contributed by atoms with Crippen molar-refractivity contribution in [2.24, 2.45) is 0 Å².